The molecule has 0 unspecified atom stereocenters. The number of aliphatic imine (C=N–C) groups is 1. The Kier molecular flexibility index (Phi) is 5.01. The van der Waals surface area contributed by atoms with Gasteiger partial charge in [-0.15, -0.1) is 0 Å². The Morgan fingerprint density at radius 3 is 2.67 bits per heavy atom. The average molecular weight is 249 g/mol. The molecule has 1 aromatic rings. The maximum absolute atomic E-state index is 5.26. The fourth-order valence-electron chi connectivity index (χ4n) is 1.73. The topological polar surface area (TPSA) is 45.7 Å². The minimum atomic E-state index is 0.00132. The maximum atomic E-state index is 5.26. The summed E-state index contributed by atoms with van der Waals surface area (Å²) >= 11 is 0. The maximum Gasteiger partial charge on any atom is 0.190 e. The van der Waals surface area contributed by atoms with Gasteiger partial charge in [0.2, 0.25) is 0 Å². The van der Waals surface area contributed by atoms with Crippen LogP contribution in [0.5, 0.6) is 5.75 Å². The van der Waals surface area contributed by atoms with E-state index >= 15 is 0 Å². The zero-order valence-corrected chi connectivity index (χ0v) is 11.9. The smallest absolute Gasteiger partial charge is 0.190 e. The number of nitrogens with one attached hydrogen (secondary N) is 2. The van der Waals surface area contributed by atoms with Gasteiger partial charge in [-0.25, -0.2) is 0 Å². The molecule has 2 N–H and O–H groups in total. The number of hydrogen-bond acceptors (Lipinski definition) is 2. The molecule has 0 aliphatic heterocycles. The van der Waals surface area contributed by atoms with E-state index in [1.54, 1.807) is 14.2 Å². The Morgan fingerprint density at radius 1 is 1.39 bits per heavy atom. The number of rotatable bonds is 4. The second-order valence-electron chi connectivity index (χ2n) is 4.79. The molecule has 0 bridgehead atoms. The van der Waals surface area contributed by atoms with Crippen molar-refractivity contribution in [3.8, 4) is 5.75 Å². The van der Waals surface area contributed by atoms with Crippen LogP contribution >= 0.6 is 0 Å². The summed E-state index contributed by atoms with van der Waals surface area (Å²) in [5, 5.41) is 6.31. The SMILES string of the molecule is CN=C(NC)NCC(C)(C)c1cccc(OC)c1. The number of hydrogen-bond donors (Lipinski definition) is 2. The Bertz CT molecular complexity index is 413. The molecule has 0 spiro atoms. The molecule has 0 aliphatic rings. The van der Waals surface area contributed by atoms with Gasteiger partial charge in [-0.2, -0.15) is 0 Å². The highest BCUT2D eigenvalue weighted by Crippen LogP contribution is 2.25. The molecule has 1 rings (SSSR count). The van der Waals surface area contributed by atoms with E-state index in [2.05, 4.69) is 41.6 Å². The van der Waals surface area contributed by atoms with Crippen molar-refractivity contribution in [2.24, 2.45) is 4.99 Å². The number of nitrogens with zero attached hydrogens (tertiary/aromatic N) is 1. The summed E-state index contributed by atoms with van der Waals surface area (Å²) in [5.74, 6) is 1.68. The highest BCUT2D eigenvalue weighted by atomic mass is 16.5. The molecule has 4 nitrogen and oxygen atoms in total. The third-order valence-corrected chi connectivity index (χ3v) is 3.01. The van der Waals surface area contributed by atoms with Gasteiger partial charge < -0.3 is 15.4 Å². The second-order valence-corrected chi connectivity index (χ2v) is 4.79. The minimum Gasteiger partial charge on any atom is -0.497 e. The van der Waals surface area contributed by atoms with E-state index < -0.39 is 0 Å². The molecular formula is C14H23N3O. The van der Waals surface area contributed by atoms with Gasteiger partial charge in [0.05, 0.1) is 7.11 Å². The molecule has 0 saturated heterocycles. The van der Waals surface area contributed by atoms with Gasteiger partial charge in [0.1, 0.15) is 5.75 Å². The molecular weight excluding hydrogens is 226 g/mol. The molecule has 0 aliphatic carbocycles. The van der Waals surface area contributed by atoms with E-state index in [0.717, 1.165) is 18.3 Å². The van der Waals surface area contributed by atoms with Crippen molar-refractivity contribution in [1.82, 2.24) is 10.6 Å². The van der Waals surface area contributed by atoms with E-state index in [1.165, 1.54) is 5.56 Å². The Balaban J connectivity index is 2.78. The number of guanidine groups is 1. The van der Waals surface area contributed by atoms with Crippen LogP contribution in [0.2, 0.25) is 0 Å². The molecule has 18 heavy (non-hydrogen) atoms. The molecule has 0 radical (unpaired) electrons. The van der Waals surface area contributed by atoms with E-state index in [0.29, 0.717) is 0 Å². The van der Waals surface area contributed by atoms with Crippen LogP contribution in [-0.4, -0.2) is 33.7 Å². The van der Waals surface area contributed by atoms with Gasteiger partial charge in [-0.05, 0) is 17.7 Å². The van der Waals surface area contributed by atoms with Crippen molar-refractivity contribution in [3.63, 3.8) is 0 Å². The van der Waals surface area contributed by atoms with E-state index in [4.69, 9.17) is 4.74 Å². The van der Waals surface area contributed by atoms with E-state index in [-0.39, 0.29) is 5.41 Å². The summed E-state index contributed by atoms with van der Waals surface area (Å²) < 4.78 is 5.26. The fraction of sp³-hybridized carbons (Fsp3) is 0.500. The van der Waals surface area contributed by atoms with Crippen LogP contribution in [0.25, 0.3) is 0 Å². The van der Waals surface area contributed by atoms with Crippen LogP contribution in [-0.2, 0) is 5.41 Å². The lowest BCUT2D eigenvalue weighted by Gasteiger charge is -2.26. The van der Waals surface area contributed by atoms with Crippen molar-refractivity contribution in [3.05, 3.63) is 29.8 Å². The van der Waals surface area contributed by atoms with Crippen LogP contribution in [0.1, 0.15) is 19.4 Å². The van der Waals surface area contributed by atoms with Crippen molar-refractivity contribution in [2.75, 3.05) is 27.7 Å². The van der Waals surface area contributed by atoms with Crippen LogP contribution in [0, 0.1) is 0 Å². The Labute approximate surface area is 109 Å². The monoisotopic (exact) mass is 249 g/mol. The largest absolute Gasteiger partial charge is 0.497 e. The molecule has 0 saturated carbocycles. The average Bonchev–Trinajstić information content (AvgIpc) is 2.40. The molecule has 0 atom stereocenters. The third-order valence-electron chi connectivity index (χ3n) is 3.01. The quantitative estimate of drug-likeness (QED) is 0.631. The summed E-state index contributed by atoms with van der Waals surface area (Å²) in [6.07, 6.45) is 0. The molecule has 0 heterocycles. The van der Waals surface area contributed by atoms with E-state index in [9.17, 15) is 0 Å². The molecule has 1 aromatic carbocycles. The third kappa shape index (κ3) is 3.65. The molecule has 4 heteroatoms. The normalized spacial score (nSPS) is 12.2. The highest BCUT2D eigenvalue weighted by molar-refractivity contribution is 5.79. The van der Waals surface area contributed by atoms with Crippen LogP contribution in [0.3, 0.4) is 0 Å². The number of benzene rings is 1. The lowest BCUT2D eigenvalue weighted by Crippen LogP contribution is -2.42. The summed E-state index contributed by atoms with van der Waals surface area (Å²) in [6, 6.07) is 8.17. The van der Waals surface area contributed by atoms with Gasteiger partial charge in [0.25, 0.3) is 0 Å². The summed E-state index contributed by atoms with van der Waals surface area (Å²) in [4.78, 5) is 4.11. The van der Waals surface area contributed by atoms with Gasteiger partial charge in [-0.1, -0.05) is 26.0 Å². The predicted octanol–water partition coefficient (Wildman–Crippen LogP) is 1.77. The molecule has 0 amide bonds. The fourth-order valence-corrected chi connectivity index (χ4v) is 1.73. The van der Waals surface area contributed by atoms with Gasteiger partial charge in [-0.3, -0.25) is 4.99 Å². The first-order valence-electron chi connectivity index (χ1n) is 6.06. The summed E-state index contributed by atoms with van der Waals surface area (Å²) in [7, 11) is 5.30. The minimum absolute atomic E-state index is 0.00132. The van der Waals surface area contributed by atoms with Crippen molar-refractivity contribution >= 4 is 5.96 Å². The highest BCUT2D eigenvalue weighted by Gasteiger charge is 2.21. The van der Waals surface area contributed by atoms with Gasteiger partial charge >= 0.3 is 0 Å². The van der Waals surface area contributed by atoms with Crippen LogP contribution in [0.4, 0.5) is 0 Å². The summed E-state index contributed by atoms with van der Waals surface area (Å²) in [6.45, 7) is 5.18. The first-order chi connectivity index (χ1) is 8.53. The first-order valence-corrected chi connectivity index (χ1v) is 6.06. The van der Waals surface area contributed by atoms with Crippen molar-refractivity contribution < 1.29 is 4.74 Å². The molecule has 100 valence electrons. The Hall–Kier alpha value is -1.71. The van der Waals surface area contributed by atoms with E-state index in [1.807, 2.05) is 19.2 Å². The standard InChI is InChI=1S/C14H23N3O/c1-14(2,10-17-13(15-3)16-4)11-7-6-8-12(9-11)18-5/h6-9H,10H2,1-5H3,(H2,15,16,17). The number of methoxy groups -OCH3 is 1. The second kappa shape index (κ2) is 6.28. The number of ether oxygens (including phenoxy) is 1. The lowest BCUT2D eigenvalue weighted by molar-refractivity contribution is 0.411. The van der Waals surface area contributed by atoms with Crippen molar-refractivity contribution in [1.29, 1.82) is 0 Å². The molecule has 0 aromatic heterocycles. The Morgan fingerprint density at radius 2 is 2.11 bits per heavy atom. The van der Waals surface area contributed by atoms with Crippen LogP contribution < -0.4 is 15.4 Å². The van der Waals surface area contributed by atoms with Crippen molar-refractivity contribution in [2.45, 2.75) is 19.3 Å². The van der Waals surface area contributed by atoms with Gasteiger partial charge in [0.15, 0.2) is 5.96 Å². The van der Waals surface area contributed by atoms with Crippen LogP contribution in [0.15, 0.2) is 29.3 Å². The predicted molar refractivity (Wildman–Crippen MR) is 76.4 cm³/mol. The van der Waals surface area contributed by atoms with Gasteiger partial charge in [0, 0.05) is 26.1 Å². The lowest BCUT2D eigenvalue weighted by atomic mass is 9.84. The first kappa shape index (κ1) is 14.4. The summed E-state index contributed by atoms with van der Waals surface area (Å²) in [5.41, 5.74) is 1.24. The molecule has 0 fully saturated rings. The zero-order chi connectivity index (χ0) is 13.6. The zero-order valence-electron chi connectivity index (χ0n) is 11.9.